The van der Waals surface area contributed by atoms with Crippen LogP contribution in [0.15, 0.2) is 48.7 Å². The Balaban J connectivity index is 1.82. The summed E-state index contributed by atoms with van der Waals surface area (Å²) in [6.45, 7) is 1.47. The van der Waals surface area contributed by atoms with Gasteiger partial charge in [-0.1, -0.05) is 18.2 Å². The minimum absolute atomic E-state index is 0.201. The van der Waals surface area contributed by atoms with Gasteiger partial charge in [0.25, 0.3) is 0 Å². The smallest absolute Gasteiger partial charge is 0.406 e. The van der Waals surface area contributed by atoms with Crippen LogP contribution in [0.3, 0.4) is 0 Å². The quantitative estimate of drug-likeness (QED) is 0.814. The van der Waals surface area contributed by atoms with Crippen LogP contribution < -0.4 is 4.74 Å². The first kappa shape index (κ1) is 16.3. The maximum absolute atomic E-state index is 12.1. The number of likely N-dealkylation sites (N-methyl/N-ethyl adjacent to an activating group) is 1. The lowest BCUT2D eigenvalue weighted by atomic mass is 10.2. The van der Waals surface area contributed by atoms with Gasteiger partial charge in [-0.2, -0.15) is 0 Å². The number of benzene rings is 1. The Morgan fingerprint density at radius 3 is 2.41 bits per heavy atom. The van der Waals surface area contributed by atoms with Crippen LogP contribution in [0.4, 0.5) is 13.2 Å². The Morgan fingerprint density at radius 2 is 1.82 bits per heavy atom. The topological polar surface area (TPSA) is 25.4 Å². The van der Waals surface area contributed by atoms with E-state index in [1.165, 1.54) is 12.1 Å². The van der Waals surface area contributed by atoms with Crippen molar-refractivity contribution in [2.75, 3.05) is 13.6 Å². The number of hydrogen-bond acceptors (Lipinski definition) is 3. The van der Waals surface area contributed by atoms with Gasteiger partial charge in [0, 0.05) is 31.4 Å². The molecule has 0 spiro atoms. The predicted molar refractivity (Wildman–Crippen MR) is 77.4 cm³/mol. The molecule has 0 aliphatic carbocycles. The average Bonchev–Trinajstić information content (AvgIpc) is 2.47. The molecule has 1 aromatic heterocycles. The monoisotopic (exact) mass is 310 g/mol. The molecule has 1 heterocycles. The Bertz CT molecular complexity index is 570. The van der Waals surface area contributed by atoms with Gasteiger partial charge in [0.2, 0.25) is 0 Å². The van der Waals surface area contributed by atoms with Gasteiger partial charge in [-0.15, -0.1) is 13.2 Å². The number of rotatable bonds is 6. The molecule has 0 aliphatic rings. The lowest BCUT2D eigenvalue weighted by Gasteiger charge is -2.17. The molecule has 0 fully saturated rings. The first-order valence-electron chi connectivity index (χ1n) is 6.85. The van der Waals surface area contributed by atoms with Crippen LogP contribution in [0.2, 0.25) is 0 Å². The van der Waals surface area contributed by atoms with E-state index in [4.69, 9.17) is 0 Å². The predicted octanol–water partition coefficient (Wildman–Crippen LogP) is 3.65. The molecule has 1 aromatic carbocycles. The molecule has 0 unspecified atom stereocenters. The largest absolute Gasteiger partial charge is 0.573 e. The lowest BCUT2D eigenvalue weighted by Crippen LogP contribution is -2.21. The fourth-order valence-electron chi connectivity index (χ4n) is 2.04. The van der Waals surface area contributed by atoms with Crippen LogP contribution in [0.5, 0.6) is 5.75 Å². The summed E-state index contributed by atoms with van der Waals surface area (Å²) in [6, 6.07) is 11.7. The van der Waals surface area contributed by atoms with Crippen LogP contribution in [0.1, 0.15) is 11.3 Å². The summed E-state index contributed by atoms with van der Waals surface area (Å²) in [5.74, 6) is -0.201. The van der Waals surface area contributed by atoms with Crippen molar-refractivity contribution < 1.29 is 17.9 Å². The second-order valence-corrected chi connectivity index (χ2v) is 5.00. The van der Waals surface area contributed by atoms with E-state index in [1.54, 1.807) is 18.3 Å². The summed E-state index contributed by atoms with van der Waals surface area (Å²) < 4.78 is 40.1. The van der Waals surface area contributed by atoms with Crippen molar-refractivity contribution in [2.45, 2.75) is 19.3 Å². The van der Waals surface area contributed by atoms with E-state index in [2.05, 4.69) is 14.6 Å². The van der Waals surface area contributed by atoms with E-state index < -0.39 is 6.36 Å². The normalized spacial score (nSPS) is 11.7. The summed E-state index contributed by atoms with van der Waals surface area (Å²) >= 11 is 0. The highest BCUT2D eigenvalue weighted by molar-refractivity contribution is 5.27. The molecule has 2 aromatic rings. The first-order chi connectivity index (χ1) is 10.4. The first-order valence-corrected chi connectivity index (χ1v) is 6.85. The Kier molecular flexibility index (Phi) is 5.38. The minimum atomic E-state index is -4.65. The number of aromatic nitrogens is 1. The summed E-state index contributed by atoms with van der Waals surface area (Å²) in [5.41, 5.74) is 1.95. The van der Waals surface area contributed by atoms with E-state index in [0.717, 1.165) is 24.2 Å². The van der Waals surface area contributed by atoms with E-state index in [9.17, 15) is 13.2 Å². The third kappa shape index (κ3) is 5.73. The van der Waals surface area contributed by atoms with Crippen molar-refractivity contribution >= 4 is 0 Å². The number of alkyl halides is 3. The zero-order valence-corrected chi connectivity index (χ0v) is 12.2. The molecule has 0 N–H and O–H groups in total. The number of ether oxygens (including phenoxy) is 1. The van der Waals surface area contributed by atoms with Crippen molar-refractivity contribution in [1.82, 2.24) is 9.88 Å². The number of halogens is 3. The highest BCUT2D eigenvalue weighted by Crippen LogP contribution is 2.22. The van der Waals surface area contributed by atoms with Gasteiger partial charge < -0.3 is 9.64 Å². The molecular weight excluding hydrogens is 293 g/mol. The zero-order chi connectivity index (χ0) is 16.0. The molecular formula is C16H17F3N2O. The second-order valence-electron chi connectivity index (χ2n) is 5.00. The van der Waals surface area contributed by atoms with Gasteiger partial charge in [-0.3, -0.25) is 4.98 Å². The van der Waals surface area contributed by atoms with Gasteiger partial charge in [0.05, 0.1) is 0 Å². The van der Waals surface area contributed by atoms with Gasteiger partial charge in [-0.05, 0) is 36.9 Å². The van der Waals surface area contributed by atoms with E-state index in [1.807, 2.05) is 25.2 Å². The zero-order valence-electron chi connectivity index (χ0n) is 12.2. The highest BCUT2D eigenvalue weighted by Gasteiger charge is 2.30. The highest BCUT2D eigenvalue weighted by atomic mass is 19.4. The number of nitrogens with zero attached hydrogens (tertiary/aromatic N) is 2. The maximum atomic E-state index is 12.1. The molecule has 22 heavy (non-hydrogen) atoms. The SMILES string of the molecule is CN(CCc1ccccn1)Cc1ccc(OC(F)(F)F)cc1. The summed E-state index contributed by atoms with van der Waals surface area (Å²) in [4.78, 5) is 6.35. The van der Waals surface area contributed by atoms with Crippen LogP contribution in [-0.2, 0) is 13.0 Å². The van der Waals surface area contributed by atoms with Crippen LogP contribution in [0, 0.1) is 0 Å². The number of pyridine rings is 1. The minimum Gasteiger partial charge on any atom is -0.406 e. The molecule has 0 radical (unpaired) electrons. The summed E-state index contributed by atoms with van der Waals surface area (Å²) in [5, 5.41) is 0. The third-order valence-electron chi connectivity index (χ3n) is 3.09. The molecule has 0 amide bonds. The van der Waals surface area contributed by atoms with E-state index in [0.29, 0.717) is 6.54 Å². The van der Waals surface area contributed by atoms with Gasteiger partial charge in [0.1, 0.15) is 5.75 Å². The van der Waals surface area contributed by atoms with E-state index in [-0.39, 0.29) is 5.75 Å². The molecule has 0 atom stereocenters. The van der Waals surface area contributed by atoms with Gasteiger partial charge in [-0.25, -0.2) is 0 Å². The fraction of sp³-hybridized carbons (Fsp3) is 0.312. The number of hydrogen-bond donors (Lipinski definition) is 0. The second kappa shape index (κ2) is 7.26. The van der Waals surface area contributed by atoms with Crippen LogP contribution in [0.25, 0.3) is 0 Å². The van der Waals surface area contributed by atoms with Crippen LogP contribution >= 0.6 is 0 Å². The summed E-state index contributed by atoms with van der Waals surface area (Å²) in [7, 11) is 1.96. The summed E-state index contributed by atoms with van der Waals surface area (Å²) in [6.07, 6.45) is -2.07. The van der Waals surface area contributed by atoms with Crippen molar-refractivity contribution in [3.05, 3.63) is 59.9 Å². The van der Waals surface area contributed by atoms with Crippen molar-refractivity contribution in [3.8, 4) is 5.75 Å². The molecule has 0 saturated heterocycles. The Morgan fingerprint density at radius 1 is 1.09 bits per heavy atom. The maximum Gasteiger partial charge on any atom is 0.573 e. The molecule has 6 heteroatoms. The molecule has 118 valence electrons. The molecule has 0 saturated carbocycles. The average molecular weight is 310 g/mol. The van der Waals surface area contributed by atoms with Crippen LogP contribution in [-0.4, -0.2) is 29.8 Å². The van der Waals surface area contributed by atoms with Gasteiger partial charge in [0.15, 0.2) is 0 Å². The molecule has 0 aliphatic heterocycles. The molecule has 0 bridgehead atoms. The van der Waals surface area contributed by atoms with Crippen molar-refractivity contribution in [3.63, 3.8) is 0 Å². The fourth-order valence-corrected chi connectivity index (χ4v) is 2.04. The van der Waals surface area contributed by atoms with Crippen molar-refractivity contribution in [1.29, 1.82) is 0 Å². The third-order valence-corrected chi connectivity index (χ3v) is 3.09. The lowest BCUT2D eigenvalue weighted by molar-refractivity contribution is -0.274. The molecule has 3 nitrogen and oxygen atoms in total. The van der Waals surface area contributed by atoms with E-state index >= 15 is 0 Å². The van der Waals surface area contributed by atoms with Gasteiger partial charge >= 0.3 is 6.36 Å². The Hall–Kier alpha value is -2.08. The standard InChI is InChI=1S/C16H17F3N2O/c1-21(11-9-14-4-2-3-10-20-14)12-13-5-7-15(8-6-13)22-16(17,18)19/h2-8,10H,9,11-12H2,1H3. The molecule has 2 rings (SSSR count). The van der Waals surface area contributed by atoms with Crippen molar-refractivity contribution in [2.24, 2.45) is 0 Å². The Labute approximate surface area is 127 Å².